The van der Waals surface area contributed by atoms with Gasteiger partial charge in [0.2, 0.25) is 0 Å². The minimum Gasteiger partial charge on any atom is -0.478 e. The molecule has 0 aromatic heterocycles. The second-order valence-electron chi connectivity index (χ2n) is 0.483. The van der Waals surface area contributed by atoms with Crippen LogP contribution in [0.2, 0.25) is 0 Å². The summed E-state index contributed by atoms with van der Waals surface area (Å²) in [5.41, 5.74) is 0. The number of carbonyl (C=O) groups is 1. The minimum absolute atomic E-state index is 0.333. The van der Waals surface area contributed by atoms with Crippen LogP contribution in [0.25, 0.3) is 0 Å². The topological polar surface area (TPSA) is 37.3 Å². The normalized spacial score (nSPS) is 6.40. The van der Waals surface area contributed by atoms with E-state index in [4.69, 9.17) is 16.5 Å². The van der Waals surface area contributed by atoms with Crippen LogP contribution in [-0.4, -0.2) is 11.1 Å². The standard InChI is InChI=1S/C3H2O2/c1-2-3(4)5/h2H,(H,4,5). The zero-order chi connectivity index (χ0) is 4.28. The second-order valence-corrected chi connectivity index (χ2v) is 0.483. The Morgan fingerprint density at radius 1 is 2.00 bits per heavy atom. The van der Waals surface area contributed by atoms with E-state index in [2.05, 4.69) is 0 Å². The molecule has 0 aromatic carbocycles. The molecule has 0 aliphatic carbocycles. The number of carboxylic acid groups (broad SMARTS) is 1. The van der Waals surface area contributed by atoms with Gasteiger partial charge < -0.3 is 5.11 Å². The molecule has 0 saturated carbocycles. The zero-order valence-electron chi connectivity index (χ0n) is 2.43. The number of rotatable bonds is 1. The number of hydrogen-bond donors (Lipinski definition) is 1. The summed E-state index contributed by atoms with van der Waals surface area (Å²) >= 11 is 0. The van der Waals surface area contributed by atoms with Crippen LogP contribution < -0.4 is 0 Å². The first-order valence-electron chi connectivity index (χ1n) is 1.01. The van der Waals surface area contributed by atoms with Gasteiger partial charge in [-0.05, 0) is 6.58 Å². The van der Waals surface area contributed by atoms with E-state index in [1.807, 2.05) is 0 Å². The van der Waals surface area contributed by atoms with Gasteiger partial charge in [-0.15, -0.1) is 0 Å². The highest BCUT2D eigenvalue weighted by molar-refractivity contribution is 5.78. The van der Waals surface area contributed by atoms with Crippen LogP contribution in [0.15, 0.2) is 6.08 Å². The largest absolute Gasteiger partial charge is 0.478 e. The van der Waals surface area contributed by atoms with Crippen LogP contribution in [-0.2, 0) is 4.79 Å². The van der Waals surface area contributed by atoms with Crippen LogP contribution in [0, 0.1) is 6.58 Å². The maximum Gasteiger partial charge on any atom is 0.328 e. The molecule has 5 heavy (non-hydrogen) atoms. The predicted molar refractivity (Wildman–Crippen MR) is 15.4 cm³/mol. The van der Waals surface area contributed by atoms with E-state index in [1.54, 1.807) is 0 Å². The third-order valence-corrected chi connectivity index (χ3v) is 0.123. The van der Waals surface area contributed by atoms with E-state index >= 15 is 0 Å². The smallest absolute Gasteiger partial charge is 0.328 e. The van der Waals surface area contributed by atoms with E-state index in [1.165, 1.54) is 0 Å². The van der Waals surface area contributed by atoms with Gasteiger partial charge in [0.25, 0.3) is 0 Å². The number of hydrogen-bond acceptors (Lipinski definition) is 1. The molecule has 0 heterocycles. The highest BCUT2D eigenvalue weighted by atomic mass is 16.4. The second kappa shape index (κ2) is 1.52. The van der Waals surface area contributed by atoms with E-state index in [0.717, 1.165) is 0 Å². The summed E-state index contributed by atoms with van der Waals surface area (Å²) in [4.78, 5) is 9.12. The van der Waals surface area contributed by atoms with Crippen molar-refractivity contribution in [1.82, 2.24) is 0 Å². The molecule has 0 unspecified atom stereocenters. The van der Waals surface area contributed by atoms with Crippen molar-refractivity contribution < 1.29 is 9.90 Å². The monoisotopic (exact) mass is 70.0 g/mol. The van der Waals surface area contributed by atoms with Crippen LogP contribution in [0.1, 0.15) is 0 Å². The molecular formula is C3H2O2. The summed E-state index contributed by atoms with van der Waals surface area (Å²) in [5, 5.41) is 7.48. The van der Waals surface area contributed by atoms with Gasteiger partial charge in [0.1, 0.15) is 0 Å². The van der Waals surface area contributed by atoms with Crippen molar-refractivity contribution in [3.8, 4) is 0 Å². The Balaban J connectivity index is 3.20. The molecule has 0 aliphatic heterocycles. The molecule has 0 amide bonds. The predicted octanol–water partition coefficient (Wildman–Crippen LogP) is -0.0628. The number of carboxylic acids is 1. The summed E-state index contributed by atoms with van der Waals surface area (Å²) in [7, 11) is 0. The van der Waals surface area contributed by atoms with Crippen molar-refractivity contribution in [2.75, 3.05) is 0 Å². The van der Waals surface area contributed by atoms with E-state index < -0.39 is 5.97 Å². The average Bonchev–Trinajstić information content (AvgIpc) is 1.38. The van der Waals surface area contributed by atoms with Crippen molar-refractivity contribution in [1.29, 1.82) is 0 Å². The molecule has 2 nitrogen and oxygen atoms in total. The van der Waals surface area contributed by atoms with Crippen LogP contribution in [0.4, 0.5) is 0 Å². The van der Waals surface area contributed by atoms with E-state index in [9.17, 15) is 0 Å². The zero-order valence-corrected chi connectivity index (χ0v) is 2.43. The lowest BCUT2D eigenvalue weighted by atomic mass is 10.7. The first kappa shape index (κ1) is 4.21. The quantitative estimate of drug-likeness (QED) is 0.439. The van der Waals surface area contributed by atoms with Crippen molar-refractivity contribution in [2.45, 2.75) is 0 Å². The fraction of sp³-hybridized carbons (Fsp3) is 0. The molecule has 0 aliphatic rings. The first-order valence-corrected chi connectivity index (χ1v) is 1.01. The van der Waals surface area contributed by atoms with Gasteiger partial charge in [0.15, 0.2) is 0 Å². The lowest BCUT2D eigenvalue weighted by molar-refractivity contribution is -0.131. The summed E-state index contributed by atoms with van der Waals surface area (Å²) in [5.74, 6) is -1.20. The van der Waals surface area contributed by atoms with Gasteiger partial charge >= 0.3 is 5.97 Å². The Hall–Kier alpha value is -0.790. The average molecular weight is 70.0 g/mol. The summed E-state index contributed by atoms with van der Waals surface area (Å²) in [6.07, 6.45) is 0.333. The van der Waals surface area contributed by atoms with Gasteiger partial charge in [0, 0.05) is 6.08 Å². The Morgan fingerprint density at radius 3 is 2.20 bits per heavy atom. The Morgan fingerprint density at radius 2 is 2.20 bits per heavy atom. The highest BCUT2D eigenvalue weighted by Gasteiger charge is 1.74. The summed E-state index contributed by atoms with van der Waals surface area (Å²) in [6, 6.07) is 0. The van der Waals surface area contributed by atoms with E-state index in [0.29, 0.717) is 6.08 Å². The fourth-order valence-corrected chi connectivity index (χ4v) is 0. The highest BCUT2D eigenvalue weighted by Crippen LogP contribution is 1.54. The molecule has 2 radical (unpaired) electrons. The van der Waals surface area contributed by atoms with Crippen molar-refractivity contribution in [3.05, 3.63) is 12.7 Å². The molecule has 2 heteroatoms. The molecule has 0 bridgehead atoms. The molecule has 0 aromatic rings. The summed E-state index contributed by atoms with van der Waals surface area (Å²) in [6.45, 7) is 5.93. The maximum atomic E-state index is 9.12. The van der Waals surface area contributed by atoms with Gasteiger partial charge in [0.05, 0.1) is 0 Å². The lowest BCUT2D eigenvalue weighted by Gasteiger charge is -1.63. The van der Waals surface area contributed by atoms with Crippen LogP contribution in [0.3, 0.4) is 0 Å². The Bertz CT molecular complexity index is 55.9. The van der Waals surface area contributed by atoms with Gasteiger partial charge in [-0.25, -0.2) is 4.79 Å². The number of aliphatic carboxylic acids is 1. The Kier molecular flexibility index (Phi) is 1.28. The maximum absolute atomic E-state index is 9.12. The van der Waals surface area contributed by atoms with E-state index in [-0.39, 0.29) is 0 Å². The fourth-order valence-electron chi connectivity index (χ4n) is 0. The molecule has 0 saturated heterocycles. The van der Waals surface area contributed by atoms with Crippen molar-refractivity contribution in [2.24, 2.45) is 0 Å². The molecule has 0 rings (SSSR count). The van der Waals surface area contributed by atoms with Crippen LogP contribution >= 0.6 is 0 Å². The third kappa shape index (κ3) is 3.21. The molecule has 0 spiro atoms. The molecular weight excluding hydrogens is 68.0 g/mol. The Labute approximate surface area is 29.7 Å². The van der Waals surface area contributed by atoms with Crippen LogP contribution in [0.5, 0.6) is 0 Å². The van der Waals surface area contributed by atoms with Gasteiger partial charge in [-0.3, -0.25) is 0 Å². The lowest BCUT2D eigenvalue weighted by Crippen LogP contribution is -1.82. The first-order chi connectivity index (χ1) is 2.27. The molecule has 0 atom stereocenters. The van der Waals surface area contributed by atoms with Crippen molar-refractivity contribution >= 4 is 5.97 Å². The minimum atomic E-state index is -1.20. The van der Waals surface area contributed by atoms with Gasteiger partial charge in [-0.2, -0.15) is 0 Å². The molecule has 1 N–H and O–H groups in total. The SMILES string of the molecule is [C]=CC(=O)O. The van der Waals surface area contributed by atoms with Gasteiger partial charge in [-0.1, -0.05) is 0 Å². The molecule has 0 fully saturated rings. The third-order valence-electron chi connectivity index (χ3n) is 0.123. The molecule has 26 valence electrons. The summed E-state index contributed by atoms with van der Waals surface area (Å²) < 4.78 is 0. The van der Waals surface area contributed by atoms with Crippen molar-refractivity contribution in [3.63, 3.8) is 0 Å².